The second-order valence-corrected chi connectivity index (χ2v) is 5.58. The number of hydrogen-bond acceptors (Lipinski definition) is 3. The summed E-state index contributed by atoms with van der Waals surface area (Å²) in [5, 5.41) is 9.20. The molecular weight excluding hydrogens is 266 g/mol. The van der Waals surface area contributed by atoms with Gasteiger partial charge in [0, 0.05) is 0 Å². The molecule has 0 unspecified atom stereocenters. The van der Waals surface area contributed by atoms with Gasteiger partial charge < -0.3 is 4.84 Å². The molecule has 0 aromatic heterocycles. The topological polar surface area (TPSA) is 52.4 Å². The first-order valence-electron chi connectivity index (χ1n) is 7.22. The Balaban J connectivity index is 0. The lowest BCUT2D eigenvalue weighted by molar-refractivity contribution is -0.763. The van der Waals surface area contributed by atoms with E-state index in [1.54, 1.807) is 0 Å². The molecule has 1 rings (SSSR count). The molecule has 0 aliphatic rings. The molecule has 1 aromatic rings. The van der Waals surface area contributed by atoms with Crippen LogP contribution in [0.5, 0.6) is 0 Å². The number of benzene rings is 1. The van der Waals surface area contributed by atoms with Crippen molar-refractivity contribution in [1.29, 1.82) is 0 Å². The molecule has 0 bridgehead atoms. The molecule has 0 amide bonds. The molecule has 21 heavy (non-hydrogen) atoms. The number of nitrogens with zero attached hydrogens (tertiary/aromatic N) is 1. The molecule has 0 heterocycles. The molecule has 0 fully saturated rings. The van der Waals surface area contributed by atoms with Gasteiger partial charge in [0.05, 0.1) is 0 Å². The molecule has 0 saturated carbocycles. The fourth-order valence-electron chi connectivity index (χ4n) is 1.75. The third-order valence-corrected chi connectivity index (χ3v) is 2.82. The Morgan fingerprint density at radius 1 is 1.24 bits per heavy atom. The van der Waals surface area contributed by atoms with Gasteiger partial charge in [-0.05, 0) is 23.0 Å². The Bertz CT molecular complexity index is 389. The molecule has 0 spiro atoms. The summed E-state index contributed by atoms with van der Waals surface area (Å²) in [5.41, 5.74) is 1.99. The molecule has 0 saturated heterocycles. The van der Waals surface area contributed by atoms with Crippen molar-refractivity contribution < 1.29 is 9.92 Å². The van der Waals surface area contributed by atoms with Gasteiger partial charge in [-0.3, -0.25) is 0 Å². The van der Waals surface area contributed by atoms with Crippen LogP contribution in [0.4, 0.5) is 0 Å². The van der Waals surface area contributed by atoms with E-state index in [9.17, 15) is 10.1 Å². The molecule has 0 radical (unpaired) electrons. The van der Waals surface area contributed by atoms with E-state index in [2.05, 4.69) is 39.5 Å². The van der Waals surface area contributed by atoms with Crippen molar-refractivity contribution in [2.75, 3.05) is 0 Å². The zero-order chi connectivity index (χ0) is 15.5. The van der Waals surface area contributed by atoms with Crippen molar-refractivity contribution in [3.63, 3.8) is 0 Å². The zero-order valence-corrected chi connectivity index (χ0v) is 13.3. The van der Waals surface area contributed by atoms with Gasteiger partial charge in [-0.15, -0.1) is 10.1 Å². The maximum absolute atomic E-state index is 9.97. The van der Waals surface area contributed by atoms with E-state index in [-0.39, 0.29) is 14.0 Å². The summed E-state index contributed by atoms with van der Waals surface area (Å²) in [6.07, 6.45) is 2.71. The molecule has 122 valence electrons. The molecule has 0 aliphatic carbocycles. The lowest BCUT2D eigenvalue weighted by Crippen LogP contribution is -2.01. The molecule has 4 heteroatoms. The van der Waals surface area contributed by atoms with Gasteiger partial charge in [0.15, 0.2) is 0 Å². The zero-order valence-electron chi connectivity index (χ0n) is 13.3. The van der Waals surface area contributed by atoms with Gasteiger partial charge >= 0.3 is 0 Å². The minimum absolute atomic E-state index is 0. The van der Waals surface area contributed by atoms with Gasteiger partial charge in [0.2, 0.25) is 0 Å². The van der Waals surface area contributed by atoms with Crippen molar-refractivity contribution in [3.05, 3.63) is 45.5 Å². The van der Waals surface area contributed by atoms with Gasteiger partial charge in [-0.2, -0.15) is 0 Å². The Kier molecular flexibility index (Phi) is 12.6. The van der Waals surface area contributed by atoms with E-state index in [0.717, 1.165) is 17.0 Å². The van der Waals surface area contributed by atoms with E-state index in [4.69, 9.17) is 0 Å². The molecule has 4 nitrogen and oxygen atoms in total. The van der Waals surface area contributed by atoms with Crippen LogP contribution < -0.4 is 0 Å². The quantitative estimate of drug-likeness (QED) is 0.507. The molecule has 0 N–H and O–H groups in total. The highest BCUT2D eigenvalue weighted by molar-refractivity contribution is 5.25. The molecule has 0 atom stereocenters. The Hall–Kier alpha value is -1.58. The van der Waals surface area contributed by atoms with Crippen molar-refractivity contribution in [2.45, 2.75) is 67.4 Å². The first kappa shape index (κ1) is 21.7. The van der Waals surface area contributed by atoms with Crippen LogP contribution in [0.25, 0.3) is 0 Å². The number of rotatable bonds is 6. The lowest BCUT2D eigenvalue weighted by atomic mass is 10.0. The smallest absolute Gasteiger partial charge is 0.294 e. The second-order valence-electron chi connectivity index (χ2n) is 5.58. The molecule has 1 aromatic carbocycles. The van der Waals surface area contributed by atoms with Crippen LogP contribution in [0.2, 0.25) is 0 Å². The fourth-order valence-corrected chi connectivity index (χ4v) is 1.75. The molecular formula is C17H31NO3. The van der Waals surface area contributed by atoms with Crippen molar-refractivity contribution >= 4 is 0 Å². The van der Waals surface area contributed by atoms with Crippen LogP contribution >= 0.6 is 0 Å². The van der Waals surface area contributed by atoms with Crippen molar-refractivity contribution in [1.82, 2.24) is 0 Å². The van der Waals surface area contributed by atoms with Gasteiger partial charge in [0.25, 0.3) is 5.09 Å². The van der Waals surface area contributed by atoms with Crippen molar-refractivity contribution in [3.8, 4) is 0 Å². The highest BCUT2D eigenvalue weighted by Gasteiger charge is 2.01. The summed E-state index contributed by atoms with van der Waals surface area (Å²) < 4.78 is 0. The van der Waals surface area contributed by atoms with E-state index in [1.807, 2.05) is 24.3 Å². The summed E-state index contributed by atoms with van der Waals surface area (Å²) in [7, 11) is 0. The fraction of sp³-hybridized carbons (Fsp3) is 0.647. The maximum atomic E-state index is 9.97. The highest BCUT2D eigenvalue weighted by Crippen LogP contribution is 2.15. The SMILES string of the molecule is C.CC(C)c1cccc(CO[N+](=O)[O-])c1.CCCC(C)C. The predicted octanol–water partition coefficient (Wildman–Crippen LogP) is 5.60. The summed E-state index contributed by atoms with van der Waals surface area (Å²) in [5.74, 6) is 1.32. The average molecular weight is 297 g/mol. The lowest BCUT2D eigenvalue weighted by Gasteiger charge is -2.07. The minimum atomic E-state index is -0.776. The first-order valence-corrected chi connectivity index (χ1v) is 7.22. The van der Waals surface area contributed by atoms with Crippen LogP contribution in [-0.2, 0) is 11.4 Å². The third kappa shape index (κ3) is 11.9. The van der Waals surface area contributed by atoms with E-state index in [0.29, 0.717) is 5.92 Å². The van der Waals surface area contributed by atoms with Gasteiger partial charge in [-0.25, -0.2) is 0 Å². The Morgan fingerprint density at radius 2 is 1.86 bits per heavy atom. The normalized spacial score (nSPS) is 9.67. The van der Waals surface area contributed by atoms with Crippen LogP contribution in [0.3, 0.4) is 0 Å². The monoisotopic (exact) mass is 297 g/mol. The Labute approximate surface area is 129 Å². The maximum Gasteiger partial charge on any atom is 0.294 e. The summed E-state index contributed by atoms with van der Waals surface area (Å²) in [6.45, 7) is 10.9. The highest BCUT2D eigenvalue weighted by atomic mass is 16.9. The van der Waals surface area contributed by atoms with Crippen molar-refractivity contribution in [2.24, 2.45) is 5.92 Å². The largest absolute Gasteiger partial charge is 0.309 e. The summed E-state index contributed by atoms with van der Waals surface area (Å²) >= 11 is 0. The average Bonchev–Trinajstić information content (AvgIpc) is 2.37. The summed E-state index contributed by atoms with van der Waals surface area (Å²) in [4.78, 5) is 14.3. The van der Waals surface area contributed by atoms with Crippen LogP contribution in [-0.4, -0.2) is 5.09 Å². The van der Waals surface area contributed by atoms with Crippen LogP contribution in [0.1, 0.15) is 71.9 Å². The number of hydrogen-bond donors (Lipinski definition) is 0. The van der Waals surface area contributed by atoms with Gasteiger partial charge in [-0.1, -0.05) is 79.2 Å². The third-order valence-electron chi connectivity index (χ3n) is 2.82. The Morgan fingerprint density at radius 3 is 2.24 bits per heavy atom. The van der Waals surface area contributed by atoms with E-state index in [1.165, 1.54) is 12.8 Å². The van der Waals surface area contributed by atoms with Crippen LogP contribution in [0.15, 0.2) is 24.3 Å². The summed E-state index contributed by atoms with van der Waals surface area (Å²) in [6, 6.07) is 7.62. The molecule has 0 aliphatic heterocycles. The standard InChI is InChI=1S/C10H13NO3.C6H14.CH4/c1-8(2)10-5-3-4-9(6-10)7-14-11(12)13;1-4-5-6(2)3;/h3-6,8H,7H2,1-2H3;6H,4-5H2,1-3H3;1H4. The van der Waals surface area contributed by atoms with E-state index >= 15 is 0 Å². The van der Waals surface area contributed by atoms with E-state index < -0.39 is 5.09 Å². The first-order chi connectivity index (χ1) is 9.36. The predicted molar refractivity (Wildman–Crippen MR) is 88.8 cm³/mol. The minimum Gasteiger partial charge on any atom is -0.309 e. The second kappa shape index (κ2) is 12.2. The van der Waals surface area contributed by atoms with Gasteiger partial charge in [0.1, 0.15) is 6.61 Å². The van der Waals surface area contributed by atoms with Crippen LogP contribution in [0, 0.1) is 16.0 Å².